The summed E-state index contributed by atoms with van der Waals surface area (Å²) in [6.45, 7) is 5.78. The van der Waals surface area contributed by atoms with Gasteiger partial charge >= 0.3 is 28.1 Å². The van der Waals surface area contributed by atoms with Gasteiger partial charge < -0.3 is 9.11 Å². The molecular formula is C8H12F6MnO6S2. The van der Waals surface area contributed by atoms with Crippen LogP contribution in [-0.4, -0.2) is 37.0 Å². The van der Waals surface area contributed by atoms with E-state index in [0.717, 1.165) is 0 Å². The third kappa shape index (κ3) is 19.6. The molecule has 0 unspecified atom stereocenters. The molecule has 0 aromatic heterocycles. The fourth-order valence-electron chi connectivity index (χ4n) is 0.348. The van der Waals surface area contributed by atoms with Crippen molar-refractivity contribution in [3.05, 3.63) is 12.7 Å². The number of hydrogen-bond donors (Lipinski definition) is 0. The summed E-state index contributed by atoms with van der Waals surface area (Å²) < 4.78 is 118. The fourth-order valence-corrected chi connectivity index (χ4v) is 0.348. The Morgan fingerprint density at radius 1 is 0.913 bits per heavy atom. The fraction of sp³-hybridized carbons (Fsp3) is 0.750. The van der Waals surface area contributed by atoms with Crippen LogP contribution in [0.3, 0.4) is 0 Å². The minimum Gasteiger partial charge on any atom is -0.741 e. The van der Waals surface area contributed by atoms with Crippen LogP contribution in [0.15, 0.2) is 12.7 Å². The predicted octanol–water partition coefficient (Wildman–Crippen LogP) is 2.46. The van der Waals surface area contributed by atoms with Gasteiger partial charge in [-0.3, -0.25) is 0 Å². The maximum atomic E-state index is 10.7. The quantitative estimate of drug-likeness (QED) is 0.167. The van der Waals surface area contributed by atoms with Gasteiger partial charge in [-0.1, -0.05) is 25.8 Å². The second-order valence-electron chi connectivity index (χ2n) is 3.23. The van der Waals surface area contributed by atoms with Gasteiger partial charge in [-0.25, -0.2) is 16.8 Å². The zero-order chi connectivity index (χ0) is 18.8. The number of hydrogen-bond acceptors (Lipinski definition) is 6. The van der Waals surface area contributed by atoms with Crippen LogP contribution in [0.1, 0.15) is 26.2 Å². The van der Waals surface area contributed by atoms with Crippen molar-refractivity contribution >= 4 is 20.2 Å². The molecule has 0 bridgehead atoms. The van der Waals surface area contributed by atoms with Gasteiger partial charge in [0.1, 0.15) is 0 Å². The summed E-state index contributed by atoms with van der Waals surface area (Å²) in [5, 5.41) is 0. The first-order valence-corrected chi connectivity index (χ1v) is 7.88. The molecule has 0 aliphatic carbocycles. The summed E-state index contributed by atoms with van der Waals surface area (Å²) in [5.74, 6) is 0. The monoisotopic (exact) mass is 437 g/mol. The zero-order valence-corrected chi connectivity index (χ0v) is 14.1. The number of allylic oxidation sites excluding steroid dienone is 1. The number of halogens is 6. The minimum atomic E-state index is -6.09. The number of alkyl halides is 6. The molecule has 0 saturated heterocycles. The summed E-state index contributed by atoms with van der Waals surface area (Å²) in [5.41, 5.74) is -11.3. The van der Waals surface area contributed by atoms with Crippen molar-refractivity contribution in [1.29, 1.82) is 0 Å². The maximum Gasteiger partial charge on any atom is 2.00 e. The van der Waals surface area contributed by atoms with E-state index in [1.807, 2.05) is 6.08 Å². The minimum absolute atomic E-state index is 0. The Morgan fingerprint density at radius 3 is 1.17 bits per heavy atom. The zero-order valence-electron chi connectivity index (χ0n) is 11.3. The number of unbranched alkanes of at least 4 members (excludes halogenated alkanes) is 2. The van der Waals surface area contributed by atoms with Crippen molar-refractivity contribution in [2.45, 2.75) is 37.2 Å². The summed E-state index contributed by atoms with van der Waals surface area (Å²) in [6.07, 6.45) is 5.72. The van der Waals surface area contributed by atoms with Gasteiger partial charge in [0, 0.05) is 0 Å². The van der Waals surface area contributed by atoms with Crippen LogP contribution < -0.4 is 0 Å². The molecule has 0 N–H and O–H groups in total. The molecule has 1 radical (unpaired) electrons. The van der Waals surface area contributed by atoms with Gasteiger partial charge in [-0.05, 0) is 6.42 Å². The summed E-state index contributed by atoms with van der Waals surface area (Å²) >= 11 is 0. The van der Waals surface area contributed by atoms with E-state index >= 15 is 0 Å². The van der Waals surface area contributed by atoms with Gasteiger partial charge in [0.2, 0.25) is 0 Å². The average molecular weight is 437 g/mol. The van der Waals surface area contributed by atoms with E-state index in [0.29, 0.717) is 0 Å². The van der Waals surface area contributed by atoms with E-state index in [-0.39, 0.29) is 17.1 Å². The van der Waals surface area contributed by atoms with E-state index in [2.05, 4.69) is 13.5 Å². The van der Waals surface area contributed by atoms with Crippen LogP contribution in [0.4, 0.5) is 26.3 Å². The maximum absolute atomic E-state index is 10.7. The van der Waals surface area contributed by atoms with Crippen LogP contribution >= 0.6 is 0 Å². The smallest absolute Gasteiger partial charge is 0.741 e. The Labute approximate surface area is 139 Å². The van der Waals surface area contributed by atoms with Gasteiger partial charge in [0.15, 0.2) is 20.2 Å². The molecule has 0 aliphatic rings. The summed E-state index contributed by atoms with van der Waals surface area (Å²) in [4.78, 5) is 0. The first-order valence-electron chi connectivity index (χ1n) is 5.07. The molecule has 0 atom stereocenters. The second-order valence-corrected chi connectivity index (χ2v) is 5.97. The third-order valence-corrected chi connectivity index (χ3v) is 2.46. The van der Waals surface area contributed by atoms with Gasteiger partial charge in [0.05, 0.1) is 0 Å². The molecule has 0 aromatic carbocycles. The Morgan fingerprint density at radius 2 is 1.13 bits per heavy atom. The van der Waals surface area contributed by atoms with E-state index in [9.17, 15) is 26.3 Å². The number of rotatable bonds is 3. The van der Waals surface area contributed by atoms with Gasteiger partial charge in [-0.15, -0.1) is 6.58 Å². The van der Waals surface area contributed by atoms with Crippen molar-refractivity contribution in [2.24, 2.45) is 0 Å². The second kappa shape index (κ2) is 12.1. The normalized spacial score (nSPS) is 11.9. The topological polar surface area (TPSA) is 114 Å². The van der Waals surface area contributed by atoms with Crippen LogP contribution in [0, 0.1) is 0 Å². The van der Waals surface area contributed by atoms with Crippen molar-refractivity contribution in [3.63, 3.8) is 0 Å². The Bertz CT molecular complexity index is 468. The van der Waals surface area contributed by atoms with E-state index in [4.69, 9.17) is 25.9 Å². The first-order chi connectivity index (χ1) is 9.41. The van der Waals surface area contributed by atoms with Crippen LogP contribution in [0.5, 0.6) is 0 Å². The molecule has 0 saturated carbocycles. The van der Waals surface area contributed by atoms with Gasteiger partial charge in [-0.2, -0.15) is 26.3 Å². The van der Waals surface area contributed by atoms with Crippen LogP contribution in [0.25, 0.3) is 0 Å². The third-order valence-electron chi connectivity index (χ3n) is 1.33. The summed E-state index contributed by atoms with van der Waals surface area (Å²) in [7, 11) is -12.2. The molecule has 6 nitrogen and oxygen atoms in total. The first kappa shape index (κ1) is 30.5. The molecule has 23 heavy (non-hydrogen) atoms. The molecule has 0 spiro atoms. The molecule has 0 heterocycles. The van der Waals surface area contributed by atoms with E-state index < -0.39 is 31.3 Å². The standard InChI is InChI=1S/C6H12.2CHF3O3S.Mn/c1-3-5-6-4-2;2*2-1(3,4)8(5,6)7;/h3H,1,4-6H2,2H3;2*(H,5,6,7);/q;;;+2/p-2. The van der Waals surface area contributed by atoms with E-state index in [1.54, 1.807) is 0 Å². The van der Waals surface area contributed by atoms with E-state index in [1.165, 1.54) is 19.3 Å². The largest absolute Gasteiger partial charge is 2.00 e. The average Bonchev–Trinajstić information content (AvgIpc) is 2.22. The van der Waals surface area contributed by atoms with Crippen molar-refractivity contribution in [2.75, 3.05) is 0 Å². The van der Waals surface area contributed by atoms with Crippen molar-refractivity contribution < 1.29 is 69.4 Å². The van der Waals surface area contributed by atoms with Crippen molar-refractivity contribution in [3.8, 4) is 0 Å². The summed E-state index contributed by atoms with van der Waals surface area (Å²) in [6, 6.07) is 0. The Balaban J connectivity index is -0.000000117. The Hall–Kier alpha value is -0.341. The molecule has 15 heteroatoms. The SMILES string of the molecule is C=CCCCC.O=S(=O)([O-])C(F)(F)F.O=S(=O)([O-])C(F)(F)F.[Mn+2]. The molecule has 0 aliphatic heterocycles. The molecule has 0 amide bonds. The molecule has 0 fully saturated rings. The molecule has 0 aromatic rings. The molecule has 0 rings (SSSR count). The molecular weight excluding hydrogens is 425 g/mol. The molecule has 141 valence electrons. The van der Waals surface area contributed by atoms with Crippen molar-refractivity contribution in [1.82, 2.24) is 0 Å². The van der Waals surface area contributed by atoms with Crippen LogP contribution in [0.2, 0.25) is 0 Å². The Kier molecular flexibility index (Phi) is 16.0. The predicted molar refractivity (Wildman–Crippen MR) is 61.2 cm³/mol. The van der Waals surface area contributed by atoms with Crippen LogP contribution in [-0.2, 0) is 37.3 Å². The van der Waals surface area contributed by atoms with Gasteiger partial charge in [0.25, 0.3) is 0 Å².